The number of halogens is 1. The molecule has 7 heteroatoms. The van der Waals surface area contributed by atoms with Gasteiger partial charge in [-0.25, -0.2) is 4.68 Å². The Balaban J connectivity index is 1.96. The fourth-order valence-electron chi connectivity index (χ4n) is 2.29. The zero-order chi connectivity index (χ0) is 15.4. The molecule has 118 valence electrons. The zero-order valence-electron chi connectivity index (χ0n) is 12.8. The molecule has 1 aromatic heterocycles. The lowest BCUT2D eigenvalue weighted by Gasteiger charge is -2.36. The summed E-state index contributed by atoms with van der Waals surface area (Å²) >= 11 is 3.39. The van der Waals surface area contributed by atoms with Gasteiger partial charge in [-0.15, -0.1) is 0 Å². The van der Waals surface area contributed by atoms with Crippen LogP contribution in [0.15, 0.2) is 15.5 Å². The number of rotatable bonds is 7. The number of hydrogen-bond donors (Lipinski definition) is 1. The highest BCUT2D eigenvalue weighted by molar-refractivity contribution is 9.10. The van der Waals surface area contributed by atoms with Crippen molar-refractivity contribution in [1.29, 1.82) is 0 Å². The van der Waals surface area contributed by atoms with Crippen molar-refractivity contribution in [3.8, 4) is 0 Å². The zero-order valence-corrected chi connectivity index (χ0v) is 14.4. The Kier molecular flexibility index (Phi) is 5.78. The Morgan fingerprint density at radius 3 is 2.86 bits per heavy atom. The molecular formula is C14H23BrN4O2. The van der Waals surface area contributed by atoms with Crippen molar-refractivity contribution in [2.45, 2.75) is 38.5 Å². The van der Waals surface area contributed by atoms with Crippen LogP contribution in [0, 0.1) is 0 Å². The smallest absolute Gasteiger partial charge is 0.283 e. The summed E-state index contributed by atoms with van der Waals surface area (Å²) in [4.78, 5) is 14.3. The molecule has 2 rings (SSSR count). The molecule has 1 saturated carbocycles. The van der Waals surface area contributed by atoms with E-state index in [0.29, 0.717) is 23.2 Å². The first-order valence-corrected chi connectivity index (χ1v) is 8.09. The summed E-state index contributed by atoms with van der Waals surface area (Å²) in [6.45, 7) is 4.13. The van der Waals surface area contributed by atoms with Gasteiger partial charge >= 0.3 is 0 Å². The topological polar surface area (TPSA) is 59.4 Å². The van der Waals surface area contributed by atoms with Crippen molar-refractivity contribution < 1.29 is 4.74 Å². The van der Waals surface area contributed by atoms with Gasteiger partial charge in [-0.05, 0) is 49.8 Å². The van der Waals surface area contributed by atoms with E-state index in [1.807, 2.05) is 25.9 Å². The fourth-order valence-corrected chi connectivity index (χ4v) is 2.72. The number of hydrogen-bond acceptors (Lipinski definition) is 5. The minimum absolute atomic E-state index is 0.0949. The van der Waals surface area contributed by atoms with Gasteiger partial charge in [0, 0.05) is 19.2 Å². The largest absolute Gasteiger partial charge is 0.380 e. The molecule has 0 radical (unpaired) electrons. The van der Waals surface area contributed by atoms with E-state index in [9.17, 15) is 4.79 Å². The van der Waals surface area contributed by atoms with Gasteiger partial charge in [-0.2, -0.15) is 5.10 Å². The van der Waals surface area contributed by atoms with Crippen molar-refractivity contribution in [3.63, 3.8) is 0 Å². The van der Waals surface area contributed by atoms with E-state index in [4.69, 9.17) is 4.74 Å². The third-order valence-corrected chi connectivity index (χ3v) is 4.37. The molecule has 6 nitrogen and oxygen atoms in total. The van der Waals surface area contributed by atoms with Crippen LogP contribution >= 0.6 is 15.9 Å². The van der Waals surface area contributed by atoms with Crippen molar-refractivity contribution >= 4 is 21.6 Å². The molecule has 0 amide bonds. The Labute approximate surface area is 133 Å². The van der Waals surface area contributed by atoms with E-state index in [-0.39, 0.29) is 5.56 Å². The van der Waals surface area contributed by atoms with Gasteiger partial charge in [0.15, 0.2) is 0 Å². The molecule has 1 N–H and O–H groups in total. The summed E-state index contributed by atoms with van der Waals surface area (Å²) in [5, 5.41) is 7.59. The normalized spacial score (nSPS) is 21.4. The fraction of sp³-hybridized carbons (Fsp3) is 0.714. The van der Waals surface area contributed by atoms with Gasteiger partial charge in [-0.3, -0.25) is 4.79 Å². The van der Waals surface area contributed by atoms with Crippen LogP contribution in [-0.2, 0) is 11.3 Å². The molecule has 0 aromatic carbocycles. The number of nitrogens with one attached hydrogen (secondary N) is 1. The van der Waals surface area contributed by atoms with Crippen molar-refractivity contribution in [2.75, 3.05) is 32.6 Å². The first-order chi connectivity index (χ1) is 10.0. The molecule has 0 saturated heterocycles. The maximum absolute atomic E-state index is 12.2. The summed E-state index contributed by atoms with van der Waals surface area (Å²) in [5.41, 5.74) is 0.670. The Morgan fingerprint density at radius 2 is 2.24 bits per heavy atom. The Bertz CT molecular complexity index is 526. The van der Waals surface area contributed by atoms with Crippen molar-refractivity contribution in [3.05, 3.63) is 21.0 Å². The van der Waals surface area contributed by atoms with Gasteiger partial charge < -0.3 is 15.0 Å². The van der Waals surface area contributed by atoms with Crippen LogP contribution in [0.4, 0.5) is 5.69 Å². The van der Waals surface area contributed by atoms with Gasteiger partial charge in [0.25, 0.3) is 5.56 Å². The second-order valence-corrected chi connectivity index (χ2v) is 6.39. The van der Waals surface area contributed by atoms with Crippen LogP contribution in [-0.4, -0.2) is 54.1 Å². The number of aromatic nitrogens is 2. The van der Waals surface area contributed by atoms with Crippen LogP contribution < -0.4 is 10.9 Å². The monoisotopic (exact) mass is 358 g/mol. The van der Waals surface area contributed by atoms with E-state index >= 15 is 0 Å². The van der Waals surface area contributed by atoms with E-state index in [2.05, 4.69) is 26.3 Å². The lowest BCUT2D eigenvalue weighted by Crippen LogP contribution is -2.41. The summed E-state index contributed by atoms with van der Waals surface area (Å²) in [6.07, 6.45) is 4.02. The van der Waals surface area contributed by atoms with Crippen molar-refractivity contribution in [2.24, 2.45) is 0 Å². The van der Waals surface area contributed by atoms with Crippen LogP contribution in [0.1, 0.15) is 19.8 Å². The minimum atomic E-state index is -0.0949. The summed E-state index contributed by atoms with van der Waals surface area (Å²) in [7, 11) is 3.95. The Hall–Kier alpha value is -0.920. The van der Waals surface area contributed by atoms with Crippen LogP contribution in [0.5, 0.6) is 0 Å². The third kappa shape index (κ3) is 4.28. The number of likely N-dealkylation sites (N-methyl/N-ethyl adjacent to an activating group) is 1. The molecule has 0 spiro atoms. The van der Waals surface area contributed by atoms with Crippen LogP contribution in [0.2, 0.25) is 0 Å². The molecule has 0 atom stereocenters. The predicted molar refractivity (Wildman–Crippen MR) is 86.8 cm³/mol. The van der Waals surface area contributed by atoms with Crippen molar-refractivity contribution in [1.82, 2.24) is 14.7 Å². The van der Waals surface area contributed by atoms with Gasteiger partial charge in [0.2, 0.25) is 0 Å². The molecule has 0 aliphatic heterocycles. The molecule has 1 aromatic rings. The number of anilines is 1. The minimum Gasteiger partial charge on any atom is -0.380 e. The molecule has 21 heavy (non-hydrogen) atoms. The molecule has 1 aliphatic rings. The summed E-state index contributed by atoms with van der Waals surface area (Å²) in [5.74, 6) is 0. The molecule has 0 bridgehead atoms. The second-order valence-electron chi connectivity index (χ2n) is 5.59. The summed E-state index contributed by atoms with van der Waals surface area (Å²) < 4.78 is 7.57. The lowest BCUT2D eigenvalue weighted by atomic mass is 9.89. The maximum Gasteiger partial charge on any atom is 0.283 e. The first kappa shape index (κ1) is 16.5. The van der Waals surface area contributed by atoms with E-state index < -0.39 is 0 Å². The highest BCUT2D eigenvalue weighted by Crippen LogP contribution is 2.28. The molecule has 1 heterocycles. The molecule has 0 unspecified atom stereocenters. The quantitative estimate of drug-likeness (QED) is 0.801. The average Bonchev–Trinajstić information content (AvgIpc) is 2.40. The van der Waals surface area contributed by atoms with E-state index in [0.717, 1.165) is 31.7 Å². The number of ether oxygens (including phenoxy) is 1. The third-order valence-electron chi connectivity index (χ3n) is 3.60. The van der Waals surface area contributed by atoms with Crippen LogP contribution in [0.3, 0.4) is 0 Å². The standard InChI is InChI=1S/C14H23BrN4O2/c1-4-21-11-7-10(8-11)17-12-9-16-19(6-5-18(2)3)14(20)13(12)15/h9-11,17H,4-8H2,1-3H3. The molecule has 1 aliphatic carbocycles. The van der Waals surface area contributed by atoms with Gasteiger partial charge in [-0.1, -0.05) is 0 Å². The second kappa shape index (κ2) is 7.38. The Morgan fingerprint density at radius 1 is 1.52 bits per heavy atom. The van der Waals surface area contributed by atoms with E-state index in [1.165, 1.54) is 4.68 Å². The lowest BCUT2D eigenvalue weighted by molar-refractivity contribution is 0.00297. The molecule has 1 fully saturated rings. The highest BCUT2D eigenvalue weighted by atomic mass is 79.9. The van der Waals surface area contributed by atoms with E-state index in [1.54, 1.807) is 6.20 Å². The predicted octanol–water partition coefficient (Wildman–Crippen LogP) is 1.55. The SMILES string of the molecule is CCOC1CC(Nc2cnn(CCN(C)C)c(=O)c2Br)C1. The first-order valence-electron chi connectivity index (χ1n) is 7.29. The average molecular weight is 359 g/mol. The summed E-state index contributed by atoms with van der Waals surface area (Å²) in [6, 6.07) is 0.358. The van der Waals surface area contributed by atoms with Gasteiger partial charge in [0.05, 0.1) is 24.5 Å². The molecular weight excluding hydrogens is 336 g/mol. The van der Waals surface area contributed by atoms with Gasteiger partial charge in [0.1, 0.15) is 4.47 Å². The van der Waals surface area contributed by atoms with Crippen LogP contribution in [0.25, 0.3) is 0 Å². The number of nitrogens with zero attached hydrogens (tertiary/aromatic N) is 3. The maximum atomic E-state index is 12.2. The highest BCUT2D eigenvalue weighted by Gasteiger charge is 2.30.